The van der Waals surface area contributed by atoms with Crippen LogP contribution in [0.2, 0.25) is 0 Å². The first-order chi connectivity index (χ1) is 7.96. The lowest BCUT2D eigenvalue weighted by molar-refractivity contribution is -0.173. The number of carbonyl (C=O) groups is 1. The van der Waals surface area contributed by atoms with E-state index in [2.05, 4.69) is 0 Å². The molecule has 0 aliphatic carbocycles. The van der Waals surface area contributed by atoms with Gasteiger partial charge in [0, 0.05) is 6.54 Å². The molecular weight excluding hydrogens is 220 g/mol. The van der Waals surface area contributed by atoms with Gasteiger partial charge in [-0.2, -0.15) is 0 Å². The van der Waals surface area contributed by atoms with Gasteiger partial charge in [-0.3, -0.25) is 4.79 Å². The van der Waals surface area contributed by atoms with Crippen LogP contribution in [0.4, 0.5) is 0 Å². The van der Waals surface area contributed by atoms with Gasteiger partial charge in [0.1, 0.15) is 11.7 Å². The largest absolute Gasteiger partial charge is 0.386 e. The summed E-state index contributed by atoms with van der Waals surface area (Å²) in [5.41, 5.74) is 4.80. The molecule has 0 bridgehead atoms. The van der Waals surface area contributed by atoms with Gasteiger partial charge in [-0.05, 0) is 18.8 Å². The number of carbonyl (C=O) groups excluding carboxylic acids is 1. The quantitative estimate of drug-likeness (QED) is 0.714. The number of ether oxygens (including phenoxy) is 1. The van der Waals surface area contributed by atoms with Crippen LogP contribution in [0.3, 0.4) is 0 Å². The summed E-state index contributed by atoms with van der Waals surface area (Å²) in [6, 6.07) is 0. The van der Waals surface area contributed by atoms with Gasteiger partial charge in [-0.1, -0.05) is 13.8 Å². The summed E-state index contributed by atoms with van der Waals surface area (Å²) in [6.45, 7) is 5.27. The lowest BCUT2D eigenvalue weighted by atomic mass is 9.82. The van der Waals surface area contributed by atoms with Gasteiger partial charge < -0.3 is 20.5 Å². The molecule has 2 aliphatic rings. The summed E-state index contributed by atoms with van der Waals surface area (Å²) < 4.78 is 5.56. The van der Waals surface area contributed by atoms with Crippen LogP contribution in [0.15, 0.2) is 0 Å². The summed E-state index contributed by atoms with van der Waals surface area (Å²) in [6.07, 6.45) is 1.28. The average Bonchev–Trinajstić information content (AvgIpc) is 2.71. The van der Waals surface area contributed by atoms with Crippen LogP contribution in [0, 0.1) is 5.92 Å². The number of likely N-dealkylation sites (tertiary alicyclic amines) is 1. The van der Waals surface area contributed by atoms with E-state index in [1.54, 1.807) is 4.90 Å². The fraction of sp³-hybridized carbons (Fsp3) is 0.917. The molecule has 5 heteroatoms. The molecule has 0 aromatic carbocycles. The molecule has 2 rings (SSSR count). The zero-order valence-electron chi connectivity index (χ0n) is 10.6. The predicted octanol–water partition coefficient (Wildman–Crippen LogP) is -0.278. The van der Waals surface area contributed by atoms with Crippen LogP contribution in [0.1, 0.15) is 26.7 Å². The minimum atomic E-state index is -0.707. The molecule has 0 aromatic heterocycles. The van der Waals surface area contributed by atoms with E-state index >= 15 is 0 Å². The Bertz CT molecular complexity index is 300. The number of hydrogen-bond donors (Lipinski definition) is 2. The maximum absolute atomic E-state index is 12.0. The van der Waals surface area contributed by atoms with Crippen LogP contribution in [0.5, 0.6) is 0 Å². The molecule has 0 aromatic rings. The van der Waals surface area contributed by atoms with E-state index in [0.29, 0.717) is 19.6 Å². The molecule has 2 saturated heterocycles. The summed E-state index contributed by atoms with van der Waals surface area (Å²) in [7, 11) is 0. The molecule has 2 unspecified atom stereocenters. The van der Waals surface area contributed by atoms with Crippen LogP contribution in [0.25, 0.3) is 0 Å². The lowest BCUT2D eigenvalue weighted by Gasteiger charge is -2.49. The van der Waals surface area contributed by atoms with Gasteiger partial charge >= 0.3 is 0 Å². The summed E-state index contributed by atoms with van der Waals surface area (Å²) in [5.74, 6) is 0.180. The molecule has 0 saturated carbocycles. The van der Waals surface area contributed by atoms with Crippen molar-refractivity contribution in [3.63, 3.8) is 0 Å². The Labute approximate surface area is 102 Å². The van der Waals surface area contributed by atoms with Gasteiger partial charge in [0.05, 0.1) is 19.2 Å². The van der Waals surface area contributed by atoms with Crippen molar-refractivity contribution in [1.82, 2.24) is 4.90 Å². The first-order valence-electron chi connectivity index (χ1n) is 6.33. The summed E-state index contributed by atoms with van der Waals surface area (Å²) in [4.78, 5) is 13.7. The first-order valence-corrected chi connectivity index (χ1v) is 6.33. The third kappa shape index (κ3) is 2.32. The minimum Gasteiger partial charge on any atom is -0.386 e. The van der Waals surface area contributed by atoms with E-state index < -0.39 is 5.60 Å². The maximum Gasteiger partial charge on any atom is 0.251 e. The lowest BCUT2D eigenvalue weighted by Crippen LogP contribution is -2.67. The second-order valence-corrected chi connectivity index (χ2v) is 5.51. The second kappa shape index (κ2) is 4.55. The van der Waals surface area contributed by atoms with Gasteiger partial charge in [0.25, 0.3) is 5.91 Å². The first kappa shape index (κ1) is 12.8. The zero-order valence-corrected chi connectivity index (χ0v) is 10.6. The van der Waals surface area contributed by atoms with Crippen molar-refractivity contribution >= 4 is 5.91 Å². The Morgan fingerprint density at radius 2 is 2.18 bits per heavy atom. The zero-order chi connectivity index (χ0) is 12.6. The Morgan fingerprint density at radius 1 is 1.53 bits per heavy atom. The van der Waals surface area contributed by atoms with E-state index in [1.807, 2.05) is 13.8 Å². The number of hydrogen-bond acceptors (Lipinski definition) is 4. The van der Waals surface area contributed by atoms with Crippen LogP contribution in [-0.4, -0.2) is 53.4 Å². The standard InChI is InChI=1S/C12H22N2O3/c1-8(2)12(16)6-14(7-12)11(15)10-4-3-9(5-13)17-10/h8-10,16H,3-7,13H2,1-2H3. The molecule has 3 N–H and O–H groups in total. The predicted molar refractivity (Wildman–Crippen MR) is 63.3 cm³/mol. The monoisotopic (exact) mass is 242 g/mol. The Morgan fingerprint density at radius 3 is 2.65 bits per heavy atom. The van der Waals surface area contributed by atoms with Crippen molar-refractivity contribution in [2.45, 2.75) is 44.5 Å². The number of rotatable bonds is 3. The van der Waals surface area contributed by atoms with Crippen molar-refractivity contribution in [3.05, 3.63) is 0 Å². The average molecular weight is 242 g/mol. The van der Waals surface area contributed by atoms with Crippen molar-refractivity contribution in [2.24, 2.45) is 11.7 Å². The second-order valence-electron chi connectivity index (χ2n) is 5.51. The van der Waals surface area contributed by atoms with Crippen LogP contribution < -0.4 is 5.73 Å². The molecule has 0 spiro atoms. The number of β-amino-alcohol motifs (C(OH)–C–C–N with tert-alkyl or cyclic N) is 1. The number of nitrogens with zero attached hydrogens (tertiary/aromatic N) is 1. The minimum absolute atomic E-state index is 0.00581. The van der Waals surface area contributed by atoms with Crippen molar-refractivity contribution < 1.29 is 14.6 Å². The van der Waals surface area contributed by atoms with Gasteiger partial charge in [0.2, 0.25) is 0 Å². The molecule has 17 heavy (non-hydrogen) atoms. The molecule has 98 valence electrons. The van der Waals surface area contributed by atoms with E-state index in [0.717, 1.165) is 12.8 Å². The Hall–Kier alpha value is -0.650. The highest BCUT2D eigenvalue weighted by Crippen LogP contribution is 2.31. The number of aliphatic hydroxyl groups is 1. The molecular formula is C12H22N2O3. The molecule has 5 nitrogen and oxygen atoms in total. The SMILES string of the molecule is CC(C)C1(O)CN(C(=O)C2CCC(CN)O2)C1. The van der Waals surface area contributed by atoms with E-state index in [-0.39, 0.29) is 24.0 Å². The maximum atomic E-state index is 12.0. The van der Waals surface area contributed by atoms with Crippen LogP contribution in [-0.2, 0) is 9.53 Å². The highest BCUT2D eigenvalue weighted by Gasteiger charge is 2.48. The van der Waals surface area contributed by atoms with Crippen molar-refractivity contribution in [3.8, 4) is 0 Å². The smallest absolute Gasteiger partial charge is 0.251 e. The molecule has 2 heterocycles. The third-order valence-corrected chi connectivity index (χ3v) is 3.96. The van der Waals surface area contributed by atoms with Crippen LogP contribution >= 0.6 is 0 Å². The molecule has 2 fully saturated rings. The van der Waals surface area contributed by atoms with Gasteiger partial charge in [-0.15, -0.1) is 0 Å². The third-order valence-electron chi connectivity index (χ3n) is 3.96. The fourth-order valence-electron chi connectivity index (χ4n) is 2.40. The van der Waals surface area contributed by atoms with E-state index in [9.17, 15) is 9.90 Å². The van der Waals surface area contributed by atoms with Gasteiger partial charge in [0.15, 0.2) is 0 Å². The Kier molecular flexibility index (Phi) is 3.43. The Balaban J connectivity index is 1.84. The normalized spacial score (nSPS) is 31.7. The molecule has 2 atom stereocenters. The topological polar surface area (TPSA) is 75.8 Å². The fourth-order valence-corrected chi connectivity index (χ4v) is 2.40. The highest BCUT2D eigenvalue weighted by atomic mass is 16.5. The molecule has 0 radical (unpaired) electrons. The van der Waals surface area contributed by atoms with E-state index in [4.69, 9.17) is 10.5 Å². The van der Waals surface area contributed by atoms with Crippen molar-refractivity contribution in [1.29, 1.82) is 0 Å². The number of nitrogens with two attached hydrogens (primary N) is 1. The molecule has 2 aliphatic heterocycles. The van der Waals surface area contributed by atoms with Crippen molar-refractivity contribution in [2.75, 3.05) is 19.6 Å². The highest BCUT2D eigenvalue weighted by molar-refractivity contribution is 5.82. The summed E-state index contributed by atoms with van der Waals surface area (Å²) >= 11 is 0. The summed E-state index contributed by atoms with van der Waals surface area (Å²) in [5, 5.41) is 10.1. The number of amides is 1. The van der Waals surface area contributed by atoms with Gasteiger partial charge in [-0.25, -0.2) is 0 Å². The molecule has 1 amide bonds. The van der Waals surface area contributed by atoms with E-state index in [1.165, 1.54) is 0 Å².